The predicted molar refractivity (Wildman–Crippen MR) is 79.8 cm³/mol. The Labute approximate surface area is 118 Å². The van der Waals surface area contributed by atoms with Gasteiger partial charge in [-0.15, -0.1) is 0 Å². The van der Waals surface area contributed by atoms with E-state index < -0.39 is 0 Å². The first kappa shape index (κ1) is 12.9. The highest BCUT2D eigenvalue weighted by Crippen LogP contribution is 2.28. The van der Waals surface area contributed by atoms with Crippen molar-refractivity contribution in [2.24, 2.45) is 0 Å². The normalized spacial score (nSPS) is 10.2. The lowest BCUT2D eigenvalue weighted by Crippen LogP contribution is -1.99. The largest absolute Gasteiger partial charge is 0.497 e. The van der Waals surface area contributed by atoms with Crippen molar-refractivity contribution in [1.29, 1.82) is 0 Å². The summed E-state index contributed by atoms with van der Waals surface area (Å²) in [7, 11) is 1.54. The van der Waals surface area contributed by atoms with Crippen LogP contribution in [-0.2, 0) is 0 Å². The van der Waals surface area contributed by atoms with Gasteiger partial charge in [-0.1, -0.05) is 0 Å². The lowest BCUT2D eigenvalue weighted by molar-refractivity contribution is 0.414. The summed E-state index contributed by atoms with van der Waals surface area (Å²) in [5.41, 5.74) is 7.45. The number of halogens is 2. The standard InChI is InChI=1S/C13H12FIN2O/c1-18-9-3-4-10(14)13(7-9)17-12-5-2-8(15)6-11(12)16/h2-7,17H,16H2,1H3. The Hall–Kier alpha value is -1.50. The Kier molecular flexibility index (Phi) is 3.90. The Morgan fingerprint density at radius 3 is 2.61 bits per heavy atom. The van der Waals surface area contributed by atoms with Crippen LogP contribution >= 0.6 is 22.6 Å². The van der Waals surface area contributed by atoms with Gasteiger partial charge in [0.1, 0.15) is 11.6 Å². The second kappa shape index (κ2) is 5.43. The summed E-state index contributed by atoms with van der Waals surface area (Å²) in [6.07, 6.45) is 0. The van der Waals surface area contributed by atoms with Crippen LogP contribution in [0.3, 0.4) is 0 Å². The number of rotatable bonds is 3. The molecule has 0 heterocycles. The van der Waals surface area contributed by atoms with E-state index in [4.69, 9.17) is 10.5 Å². The average Bonchev–Trinajstić information content (AvgIpc) is 2.35. The molecule has 0 radical (unpaired) electrons. The summed E-state index contributed by atoms with van der Waals surface area (Å²) in [6.45, 7) is 0. The van der Waals surface area contributed by atoms with Crippen LogP contribution in [0, 0.1) is 9.39 Å². The molecule has 0 saturated carbocycles. The van der Waals surface area contributed by atoms with E-state index >= 15 is 0 Å². The van der Waals surface area contributed by atoms with Gasteiger partial charge in [-0.3, -0.25) is 0 Å². The molecule has 0 saturated heterocycles. The van der Waals surface area contributed by atoms with Gasteiger partial charge in [-0.25, -0.2) is 4.39 Å². The fraction of sp³-hybridized carbons (Fsp3) is 0.0769. The van der Waals surface area contributed by atoms with E-state index in [1.54, 1.807) is 12.1 Å². The maximum atomic E-state index is 13.6. The maximum Gasteiger partial charge on any atom is 0.146 e. The van der Waals surface area contributed by atoms with E-state index in [-0.39, 0.29) is 5.82 Å². The molecule has 2 aromatic carbocycles. The third kappa shape index (κ3) is 2.84. The van der Waals surface area contributed by atoms with E-state index in [9.17, 15) is 4.39 Å². The number of nitrogen functional groups attached to an aromatic ring is 1. The SMILES string of the molecule is COc1ccc(F)c(Nc2ccc(I)cc2N)c1. The minimum Gasteiger partial charge on any atom is -0.497 e. The minimum absolute atomic E-state index is 0.335. The number of nitrogens with one attached hydrogen (secondary N) is 1. The summed E-state index contributed by atoms with van der Waals surface area (Å²) in [6, 6.07) is 10.0. The second-order valence-electron chi connectivity index (χ2n) is 3.70. The van der Waals surface area contributed by atoms with Gasteiger partial charge in [0.15, 0.2) is 0 Å². The highest BCUT2D eigenvalue weighted by molar-refractivity contribution is 14.1. The monoisotopic (exact) mass is 358 g/mol. The molecule has 5 heteroatoms. The topological polar surface area (TPSA) is 47.3 Å². The smallest absolute Gasteiger partial charge is 0.146 e. The Morgan fingerprint density at radius 1 is 1.17 bits per heavy atom. The van der Waals surface area contributed by atoms with Gasteiger partial charge in [-0.05, 0) is 52.9 Å². The van der Waals surface area contributed by atoms with Gasteiger partial charge in [0, 0.05) is 9.64 Å². The molecule has 94 valence electrons. The first-order valence-electron chi connectivity index (χ1n) is 5.26. The third-order valence-electron chi connectivity index (χ3n) is 2.46. The number of anilines is 3. The molecule has 0 aliphatic carbocycles. The van der Waals surface area contributed by atoms with Crippen LogP contribution in [0.15, 0.2) is 36.4 Å². The molecule has 3 N–H and O–H groups in total. The van der Waals surface area contributed by atoms with Crippen LogP contribution in [0.4, 0.5) is 21.5 Å². The molecule has 0 amide bonds. The molecule has 0 unspecified atom stereocenters. The summed E-state index contributed by atoms with van der Waals surface area (Å²) in [4.78, 5) is 0. The summed E-state index contributed by atoms with van der Waals surface area (Å²) in [5, 5.41) is 2.96. The molecule has 0 atom stereocenters. The fourth-order valence-corrected chi connectivity index (χ4v) is 2.03. The molecule has 2 rings (SSSR count). The van der Waals surface area contributed by atoms with Gasteiger partial charge < -0.3 is 15.8 Å². The molecular formula is C13H12FIN2O. The molecule has 0 bridgehead atoms. The zero-order chi connectivity index (χ0) is 13.1. The highest BCUT2D eigenvalue weighted by atomic mass is 127. The zero-order valence-corrected chi connectivity index (χ0v) is 11.9. The third-order valence-corrected chi connectivity index (χ3v) is 3.13. The lowest BCUT2D eigenvalue weighted by atomic mass is 10.2. The predicted octanol–water partition coefficient (Wildman–Crippen LogP) is 3.76. The number of nitrogens with two attached hydrogens (primary N) is 1. The fourth-order valence-electron chi connectivity index (χ4n) is 1.52. The van der Waals surface area contributed by atoms with E-state index in [0.29, 0.717) is 22.8 Å². The number of hydrogen-bond acceptors (Lipinski definition) is 3. The number of methoxy groups -OCH3 is 1. The second-order valence-corrected chi connectivity index (χ2v) is 4.95. The van der Waals surface area contributed by atoms with Gasteiger partial charge in [0.05, 0.1) is 24.2 Å². The van der Waals surface area contributed by atoms with Crippen LogP contribution in [0.25, 0.3) is 0 Å². The van der Waals surface area contributed by atoms with Crippen molar-refractivity contribution in [3.8, 4) is 5.75 Å². The maximum absolute atomic E-state index is 13.6. The van der Waals surface area contributed by atoms with Crippen molar-refractivity contribution in [3.63, 3.8) is 0 Å². The van der Waals surface area contributed by atoms with Crippen LogP contribution in [-0.4, -0.2) is 7.11 Å². The molecule has 0 fully saturated rings. The van der Waals surface area contributed by atoms with Crippen molar-refractivity contribution in [2.75, 3.05) is 18.2 Å². The number of benzene rings is 2. The van der Waals surface area contributed by atoms with Crippen molar-refractivity contribution in [2.45, 2.75) is 0 Å². The van der Waals surface area contributed by atoms with Crippen LogP contribution in [0.1, 0.15) is 0 Å². The van der Waals surface area contributed by atoms with E-state index in [2.05, 4.69) is 27.9 Å². The van der Waals surface area contributed by atoms with E-state index in [1.807, 2.05) is 18.2 Å². The molecule has 2 aromatic rings. The summed E-state index contributed by atoms with van der Waals surface area (Å²) in [5.74, 6) is 0.233. The quantitative estimate of drug-likeness (QED) is 0.649. The molecule has 3 nitrogen and oxygen atoms in total. The number of hydrogen-bond donors (Lipinski definition) is 2. The minimum atomic E-state index is -0.353. The van der Waals surface area contributed by atoms with Crippen LogP contribution in [0.5, 0.6) is 5.75 Å². The number of ether oxygens (including phenoxy) is 1. The summed E-state index contributed by atoms with van der Waals surface area (Å²) >= 11 is 2.17. The Morgan fingerprint density at radius 2 is 1.94 bits per heavy atom. The lowest BCUT2D eigenvalue weighted by Gasteiger charge is -2.11. The van der Waals surface area contributed by atoms with Gasteiger partial charge in [0.2, 0.25) is 0 Å². The molecule has 0 spiro atoms. The van der Waals surface area contributed by atoms with E-state index in [1.165, 1.54) is 13.2 Å². The van der Waals surface area contributed by atoms with Gasteiger partial charge in [0.25, 0.3) is 0 Å². The van der Waals surface area contributed by atoms with Crippen molar-refractivity contribution in [3.05, 3.63) is 45.8 Å². The summed E-state index contributed by atoms with van der Waals surface area (Å²) < 4.78 is 19.7. The first-order valence-corrected chi connectivity index (χ1v) is 6.33. The first-order chi connectivity index (χ1) is 8.60. The molecule has 0 aliphatic rings. The highest BCUT2D eigenvalue weighted by Gasteiger charge is 2.06. The van der Waals surface area contributed by atoms with Crippen molar-refractivity contribution < 1.29 is 9.13 Å². The molecular weight excluding hydrogens is 346 g/mol. The van der Waals surface area contributed by atoms with Crippen LogP contribution < -0.4 is 15.8 Å². The Balaban J connectivity index is 2.33. The van der Waals surface area contributed by atoms with E-state index in [0.717, 1.165) is 3.57 Å². The molecule has 0 aliphatic heterocycles. The van der Waals surface area contributed by atoms with Crippen molar-refractivity contribution >= 4 is 39.7 Å². The molecule has 0 aromatic heterocycles. The zero-order valence-electron chi connectivity index (χ0n) is 9.71. The Bertz CT molecular complexity index is 575. The van der Waals surface area contributed by atoms with Crippen LogP contribution in [0.2, 0.25) is 0 Å². The van der Waals surface area contributed by atoms with Gasteiger partial charge >= 0.3 is 0 Å². The van der Waals surface area contributed by atoms with Gasteiger partial charge in [-0.2, -0.15) is 0 Å². The van der Waals surface area contributed by atoms with Crippen molar-refractivity contribution in [1.82, 2.24) is 0 Å². The molecule has 18 heavy (non-hydrogen) atoms. The average molecular weight is 358 g/mol.